The smallest absolute Gasteiger partial charge is 0.226 e. The molecule has 5 heteroatoms. The summed E-state index contributed by atoms with van der Waals surface area (Å²) in [4.78, 5) is 0. The van der Waals surface area contributed by atoms with E-state index in [9.17, 15) is 0 Å². The van der Waals surface area contributed by atoms with Gasteiger partial charge in [-0.15, -0.1) is 0 Å². The molecule has 0 saturated heterocycles. The van der Waals surface area contributed by atoms with Crippen LogP contribution in [0.1, 0.15) is 36.7 Å². The van der Waals surface area contributed by atoms with E-state index >= 15 is 0 Å². The van der Waals surface area contributed by atoms with Crippen LogP contribution >= 0.6 is 0 Å². The van der Waals surface area contributed by atoms with Crippen LogP contribution in [0, 0.1) is 13.8 Å². The Morgan fingerprint density at radius 3 is 2.59 bits per heavy atom. The van der Waals surface area contributed by atoms with Gasteiger partial charge in [0.25, 0.3) is 0 Å². The summed E-state index contributed by atoms with van der Waals surface area (Å²) >= 11 is 0. The third kappa shape index (κ3) is 2.00. The molecule has 2 N–H and O–H groups in total. The number of nitrogens with two attached hydrogens (primary N) is 1. The Morgan fingerprint density at radius 2 is 1.94 bits per heavy atom. The average molecular weight is 232 g/mol. The quantitative estimate of drug-likeness (QED) is 0.860. The Balaban J connectivity index is 2.64. The van der Waals surface area contributed by atoms with Crippen LogP contribution in [0.25, 0.3) is 11.3 Å². The first-order chi connectivity index (χ1) is 8.00. The third-order valence-corrected chi connectivity index (χ3v) is 2.69. The van der Waals surface area contributed by atoms with Crippen molar-refractivity contribution in [1.29, 1.82) is 0 Å². The molecule has 2 heterocycles. The maximum atomic E-state index is 5.80. The standard InChI is InChI=1S/C12H16N4O/c1-6(2)10-11(16-17-12(10)13)9-5-7(3)14-15-8(9)4/h5-6H,13H2,1-4H3. The van der Waals surface area contributed by atoms with Crippen LogP contribution in [0.5, 0.6) is 0 Å². The second-order valence-electron chi connectivity index (χ2n) is 4.45. The van der Waals surface area contributed by atoms with Gasteiger partial charge in [0.15, 0.2) is 0 Å². The summed E-state index contributed by atoms with van der Waals surface area (Å²) in [6, 6.07) is 1.95. The van der Waals surface area contributed by atoms with Gasteiger partial charge >= 0.3 is 0 Å². The first-order valence-electron chi connectivity index (χ1n) is 5.57. The number of anilines is 1. The highest BCUT2D eigenvalue weighted by molar-refractivity contribution is 5.69. The van der Waals surface area contributed by atoms with E-state index in [1.165, 1.54) is 0 Å². The molecular formula is C12H16N4O. The van der Waals surface area contributed by atoms with Crippen LogP contribution in [0.3, 0.4) is 0 Å². The molecule has 90 valence electrons. The van der Waals surface area contributed by atoms with Gasteiger partial charge in [0.1, 0.15) is 5.69 Å². The molecule has 2 aromatic rings. The fraction of sp³-hybridized carbons (Fsp3) is 0.417. The molecule has 2 rings (SSSR count). The highest BCUT2D eigenvalue weighted by atomic mass is 16.5. The first-order valence-corrected chi connectivity index (χ1v) is 5.57. The minimum Gasteiger partial charge on any atom is -0.367 e. The lowest BCUT2D eigenvalue weighted by molar-refractivity contribution is 0.438. The fourth-order valence-corrected chi connectivity index (χ4v) is 1.85. The van der Waals surface area contributed by atoms with Gasteiger partial charge in [-0.05, 0) is 25.8 Å². The maximum absolute atomic E-state index is 5.80. The summed E-state index contributed by atoms with van der Waals surface area (Å²) in [5.74, 6) is 0.632. The molecule has 2 aromatic heterocycles. The van der Waals surface area contributed by atoms with Crippen LogP contribution in [0.15, 0.2) is 10.6 Å². The van der Waals surface area contributed by atoms with Crippen molar-refractivity contribution in [2.75, 3.05) is 5.73 Å². The first kappa shape index (κ1) is 11.6. The van der Waals surface area contributed by atoms with Crippen molar-refractivity contribution in [2.45, 2.75) is 33.6 Å². The van der Waals surface area contributed by atoms with Crippen molar-refractivity contribution in [1.82, 2.24) is 15.4 Å². The van der Waals surface area contributed by atoms with E-state index in [-0.39, 0.29) is 5.92 Å². The van der Waals surface area contributed by atoms with Gasteiger partial charge in [0, 0.05) is 11.1 Å². The van der Waals surface area contributed by atoms with Crippen molar-refractivity contribution in [3.63, 3.8) is 0 Å². The van der Waals surface area contributed by atoms with Crippen molar-refractivity contribution in [3.8, 4) is 11.3 Å². The van der Waals surface area contributed by atoms with Crippen molar-refractivity contribution in [2.24, 2.45) is 0 Å². The van der Waals surface area contributed by atoms with Gasteiger partial charge in [-0.2, -0.15) is 10.2 Å². The molecule has 0 bridgehead atoms. The van der Waals surface area contributed by atoms with E-state index in [0.29, 0.717) is 5.88 Å². The summed E-state index contributed by atoms with van der Waals surface area (Å²) in [5.41, 5.74) is 10.1. The SMILES string of the molecule is Cc1cc(-c2noc(N)c2C(C)C)c(C)nn1. The Morgan fingerprint density at radius 1 is 1.24 bits per heavy atom. The number of hydrogen-bond acceptors (Lipinski definition) is 5. The lowest BCUT2D eigenvalue weighted by atomic mass is 9.98. The number of rotatable bonds is 2. The van der Waals surface area contributed by atoms with Crippen LogP contribution < -0.4 is 5.73 Å². The topological polar surface area (TPSA) is 77.8 Å². The second-order valence-corrected chi connectivity index (χ2v) is 4.45. The predicted molar refractivity (Wildman–Crippen MR) is 65.5 cm³/mol. The molecule has 0 aliphatic rings. The van der Waals surface area contributed by atoms with E-state index in [2.05, 4.69) is 29.2 Å². The van der Waals surface area contributed by atoms with Gasteiger partial charge in [0.2, 0.25) is 5.88 Å². The zero-order valence-electron chi connectivity index (χ0n) is 10.5. The van der Waals surface area contributed by atoms with Crippen LogP contribution in [0.2, 0.25) is 0 Å². The normalized spacial score (nSPS) is 11.1. The maximum Gasteiger partial charge on any atom is 0.226 e. The van der Waals surface area contributed by atoms with E-state index in [1.807, 2.05) is 19.9 Å². The number of nitrogen functional groups attached to an aromatic ring is 1. The third-order valence-electron chi connectivity index (χ3n) is 2.69. The van der Waals surface area contributed by atoms with E-state index in [1.54, 1.807) is 0 Å². The summed E-state index contributed by atoms with van der Waals surface area (Å²) in [7, 11) is 0. The van der Waals surface area contributed by atoms with E-state index in [0.717, 1.165) is 28.2 Å². The minimum atomic E-state index is 0.254. The van der Waals surface area contributed by atoms with Crippen LogP contribution in [-0.4, -0.2) is 15.4 Å². The Labute approximate surface area is 100 Å². The summed E-state index contributed by atoms with van der Waals surface area (Å²) < 4.78 is 5.09. The summed E-state index contributed by atoms with van der Waals surface area (Å²) in [6.45, 7) is 7.91. The van der Waals surface area contributed by atoms with Crippen LogP contribution in [0.4, 0.5) is 5.88 Å². The largest absolute Gasteiger partial charge is 0.367 e. The average Bonchev–Trinajstić information content (AvgIpc) is 2.64. The molecule has 5 nitrogen and oxygen atoms in total. The number of aromatic nitrogens is 3. The van der Waals surface area contributed by atoms with Crippen molar-refractivity contribution < 1.29 is 4.52 Å². The number of hydrogen-bond donors (Lipinski definition) is 1. The zero-order valence-corrected chi connectivity index (χ0v) is 10.5. The van der Waals surface area contributed by atoms with Crippen LogP contribution in [-0.2, 0) is 0 Å². The minimum absolute atomic E-state index is 0.254. The molecule has 0 amide bonds. The molecular weight excluding hydrogens is 216 g/mol. The van der Waals surface area contributed by atoms with Gasteiger partial charge in [-0.3, -0.25) is 0 Å². The monoisotopic (exact) mass is 232 g/mol. The van der Waals surface area contributed by atoms with Gasteiger partial charge in [-0.1, -0.05) is 19.0 Å². The molecule has 0 radical (unpaired) electrons. The van der Waals surface area contributed by atoms with Gasteiger partial charge in [0.05, 0.1) is 11.4 Å². The van der Waals surface area contributed by atoms with Gasteiger partial charge in [-0.25, -0.2) is 0 Å². The highest BCUT2D eigenvalue weighted by Gasteiger charge is 2.20. The molecule has 0 aliphatic carbocycles. The van der Waals surface area contributed by atoms with E-state index < -0.39 is 0 Å². The molecule has 0 saturated carbocycles. The molecule has 0 atom stereocenters. The fourth-order valence-electron chi connectivity index (χ4n) is 1.85. The molecule has 0 fully saturated rings. The Hall–Kier alpha value is -1.91. The summed E-state index contributed by atoms with van der Waals surface area (Å²) in [5, 5.41) is 12.1. The highest BCUT2D eigenvalue weighted by Crippen LogP contribution is 2.33. The summed E-state index contributed by atoms with van der Waals surface area (Å²) in [6.07, 6.45) is 0. The molecule has 0 aliphatic heterocycles. The predicted octanol–water partition coefficient (Wildman–Crippen LogP) is 2.45. The van der Waals surface area contributed by atoms with E-state index in [4.69, 9.17) is 10.3 Å². The van der Waals surface area contributed by atoms with Crippen molar-refractivity contribution >= 4 is 5.88 Å². The Kier molecular flexibility index (Phi) is 2.83. The van der Waals surface area contributed by atoms with Crippen molar-refractivity contribution in [3.05, 3.63) is 23.0 Å². The van der Waals surface area contributed by atoms with Gasteiger partial charge < -0.3 is 10.3 Å². The number of nitrogens with zero attached hydrogens (tertiary/aromatic N) is 3. The second kappa shape index (κ2) is 4.16. The molecule has 0 spiro atoms. The zero-order chi connectivity index (χ0) is 12.6. The molecule has 0 unspecified atom stereocenters. The molecule has 0 aromatic carbocycles. The lowest BCUT2D eigenvalue weighted by Gasteiger charge is -2.07. The Bertz CT molecular complexity index is 545. The lowest BCUT2D eigenvalue weighted by Crippen LogP contribution is -1.98. The number of aryl methyl sites for hydroxylation is 2. The molecule has 17 heavy (non-hydrogen) atoms.